The highest BCUT2D eigenvalue weighted by Crippen LogP contribution is 2.18. The maximum absolute atomic E-state index is 13.1. The Morgan fingerprint density at radius 3 is 2.23 bits per heavy atom. The average Bonchev–Trinajstić information content (AvgIpc) is 2.93. The predicted octanol–water partition coefficient (Wildman–Crippen LogP) is 2.57. The summed E-state index contributed by atoms with van der Waals surface area (Å²) in [5, 5.41) is 12.1. The van der Waals surface area contributed by atoms with Crippen LogP contribution in [0.4, 0.5) is 0 Å². The van der Waals surface area contributed by atoms with E-state index in [2.05, 4.69) is 32.8 Å². The second kappa shape index (κ2) is 13.8. The largest absolute Gasteiger partial charge is 0.347 e. The molecule has 4 N–H and O–H groups in total. The number of aromatic nitrogens is 1. The Morgan fingerprint density at radius 2 is 1.57 bits per heavy atom. The predicted molar refractivity (Wildman–Crippen MR) is 152 cm³/mol. The van der Waals surface area contributed by atoms with Crippen molar-refractivity contribution in [2.24, 2.45) is 5.92 Å². The molecule has 3 rings (SSSR count). The Hall–Kier alpha value is -4.08. The summed E-state index contributed by atoms with van der Waals surface area (Å²) in [6.07, 6.45) is 7.86. The van der Waals surface area contributed by atoms with Crippen molar-refractivity contribution in [2.45, 2.75) is 84.0 Å². The minimum Gasteiger partial charge on any atom is -0.347 e. The number of fused-ring (bicyclic) bond motifs is 1. The lowest BCUT2D eigenvalue weighted by Gasteiger charge is -2.26. The van der Waals surface area contributed by atoms with E-state index in [9.17, 15) is 24.0 Å². The van der Waals surface area contributed by atoms with Gasteiger partial charge in [0.05, 0.1) is 11.6 Å². The standard InChI is InChI=1S/C30H39N5O5/c1-17(2)24(26(36)30(40)33-21-12-7-6-8-13-21)34-27(37)19(5)32-29(39)25(18(3)4)35-28(38)23-16-31-15-20-11-9-10-14-22(20)23/h9-11,14-17,19,21,24-25H,3,6-8,12-13H2,1-2,4-5H3,(H,32,39)(H,33,40)(H,34,37)(H,35,38)/t19-,24-,25-/m0/s1. The van der Waals surface area contributed by atoms with E-state index in [0.29, 0.717) is 16.5 Å². The summed E-state index contributed by atoms with van der Waals surface area (Å²) in [6.45, 7) is 10.3. The lowest BCUT2D eigenvalue weighted by atomic mass is 9.94. The first kappa shape index (κ1) is 30.5. The van der Waals surface area contributed by atoms with Gasteiger partial charge in [-0.1, -0.05) is 64.0 Å². The molecule has 1 aromatic carbocycles. The third-order valence-electron chi connectivity index (χ3n) is 7.11. The van der Waals surface area contributed by atoms with Gasteiger partial charge in [-0.2, -0.15) is 0 Å². The molecule has 10 heteroatoms. The number of carbonyl (C=O) groups is 5. The Labute approximate surface area is 234 Å². The quantitative estimate of drug-likeness (QED) is 0.250. The first-order valence-electron chi connectivity index (χ1n) is 13.7. The van der Waals surface area contributed by atoms with Crippen molar-refractivity contribution < 1.29 is 24.0 Å². The topological polar surface area (TPSA) is 146 Å². The van der Waals surface area contributed by atoms with Crippen LogP contribution in [-0.4, -0.2) is 58.6 Å². The van der Waals surface area contributed by atoms with Crippen LogP contribution >= 0.6 is 0 Å². The molecule has 10 nitrogen and oxygen atoms in total. The summed E-state index contributed by atoms with van der Waals surface area (Å²) in [6, 6.07) is 4.00. The van der Waals surface area contributed by atoms with Crippen molar-refractivity contribution in [3.63, 3.8) is 0 Å². The van der Waals surface area contributed by atoms with Gasteiger partial charge >= 0.3 is 0 Å². The highest BCUT2D eigenvalue weighted by molar-refractivity contribution is 6.38. The van der Waals surface area contributed by atoms with Crippen LogP contribution in [0.2, 0.25) is 0 Å². The van der Waals surface area contributed by atoms with E-state index in [0.717, 1.165) is 37.5 Å². The molecule has 1 aliphatic carbocycles. The molecule has 0 saturated heterocycles. The maximum Gasteiger partial charge on any atom is 0.289 e. The van der Waals surface area contributed by atoms with Crippen LogP contribution in [-0.2, 0) is 19.2 Å². The molecule has 4 amide bonds. The van der Waals surface area contributed by atoms with Crippen molar-refractivity contribution in [1.82, 2.24) is 26.3 Å². The van der Waals surface area contributed by atoms with Gasteiger partial charge in [-0.15, -0.1) is 0 Å². The van der Waals surface area contributed by atoms with E-state index in [1.54, 1.807) is 39.1 Å². The van der Waals surface area contributed by atoms with E-state index in [4.69, 9.17) is 0 Å². The SMILES string of the molecule is C=C(C)[C@H](NC(=O)c1cncc2ccccc12)C(=O)N[C@@H](C)C(=O)N[C@H](C(=O)C(=O)NC1CCCCC1)C(C)C. The average molecular weight is 550 g/mol. The normalized spacial score (nSPS) is 15.9. The number of nitrogens with one attached hydrogen (secondary N) is 4. The zero-order valence-corrected chi connectivity index (χ0v) is 23.6. The summed E-state index contributed by atoms with van der Waals surface area (Å²) in [5.41, 5.74) is 0.661. The van der Waals surface area contributed by atoms with E-state index in [1.807, 2.05) is 12.1 Å². The van der Waals surface area contributed by atoms with Gasteiger partial charge in [0, 0.05) is 23.8 Å². The van der Waals surface area contributed by atoms with Crippen LogP contribution in [0, 0.1) is 5.92 Å². The molecular formula is C30H39N5O5. The Kier molecular flexibility index (Phi) is 10.5. The van der Waals surface area contributed by atoms with Crippen molar-refractivity contribution in [1.29, 1.82) is 0 Å². The summed E-state index contributed by atoms with van der Waals surface area (Å²) in [4.78, 5) is 68.8. The van der Waals surface area contributed by atoms with E-state index in [-0.39, 0.29) is 12.0 Å². The molecule has 0 radical (unpaired) electrons. The zero-order chi connectivity index (χ0) is 29.4. The molecular weight excluding hydrogens is 510 g/mol. The molecule has 2 aromatic rings. The minimum atomic E-state index is -1.12. The molecule has 0 aliphatic heterocycles. The fraction of sp³-hybridized carbons (Fsp3) is 0.467. The van der Waals surface area contributed by atoms with Crippen molar-refractivity contribution in [2.75, 3.05) is 0 Å². The fourth-order valence-corrected chi connectivity index (χ4v) is 4.74. The number of pyridine rings is 1. The first-order chi connectivity index (χ1) is 19.0. The number of nitrogens with zero attached hydrogens (tertiary/aromatic N) is 1. The third kappa shape index (κ3) is 7.74. The Morgan fingerprint density at radius 1 is 0.900 bits per heavy atom. The zero-order valence-electron chi connectivity index (χ0n) is 23.6. The molecule has 1 saturated carbocycles. The summed E-state index contributed by atoms with van der Waals surface area (Å²) in [5.74, 6) is -3.57. The Bertz CT molecular complexity index is 1280. The molecule has 214 valence electrons. The van der Waals surface area contributed by atoms with Gasteiger partial charge < -0.3 is 21.3 Å². The number of benzene rings is 1. The van der Waals surface area contributed by atoms with Gasteiger partial charge in [0.2, 0.25) is 17.6 Å². The van der Waals surface area contributed by atoms with Gasteiger partial charge in [-0.05, 0) is 43.6 Å². The van der Waals surface area contributed by atoms with Crippen LogP contribution in [0.3, 0.4) is 0 Å². The number of hydrogen-bond acceptors (Lipinski definition) is 6. The van der Waals surface area contributed by atoms with Gasteiger partial charge in [0.25, 0.3) is 11.8 Å². The van der Waals surface area contributed by atoms with E-state index >= 15 is 0 Å². The third-order valence-corrected chi connectivity index (χ3v) is 7.11. The van der Waals surface area contributed by atoms with Crippen LogP contribution in [0.5, 0.6) is 0 Å². The van der Waals surface area contributed by atoms with Crippen molar-refractivity contribution in [3.05, 3.63) is 54.4 Å². The van der Waals surface area contributed by atoms with Crippen LogP contribution < -0.4 is 21.3 Å². The molecule has 0 unspecified atom stereocenters. The molecule has 0 spiro atoms. The highest BCUT2D eigenvalue weighted by Gasteiger charge is 2.33. The fourth-order valence-electron chi connectivity index (χ4n) is 4.74. The lowest BCUT2D eigenvalue weighted by molar-refractivity contribution is -0.141. The van der Waals surface area contributed by atoms with Crippen molar-refractivity contribution in [3.8, 4) is 0 Å². The smallest absolute Gasteiger partial charge is 0.289 e. The number of rotatable bonds is 11. The monoisotopic (exact) mass is 549 g/mol. The number of carbonyl (C=O) groups excluding carboxylic acids is 5. The lowest BCUT2D eigenvalue weighted by Crippen LogP contribution is -2.57. The summed E-state index contributed by atoms with van der Waals surface area (Å²) >= 11 is 0. The second-order valence-corrected chi connectivity index (χ2v) is 10.8. The molecule has 1 heterocycles. The van der Waals surface area contributed by atoms with Gasteiger partial charge in [0.1, 0.15) is 12.1 Å². The minimum absolute atomic E-state index is 0.0362. The molecule has 3 atom stereocenters. The van der Waals surface area contributed by atoms with Gasteiger partial charge in [-0.25, -0.2) is 0 Å². The molecule has 0 bridgehead atoms. The number of Topliss-reactive ketones (excluding diaryl/α,β-unsaturated/α-hetero) is 1. The van der Waals surface area contributed by atoms with E-state index in [1.165, 1.54) is 13.1 Å². The summed E-state index contributed by atoms with van der Waals surface area (Å²) in [7, 11) is 0. The van der Waals surface area contributed by atoms with Crippen molar-refractivity contribution >= 4 is 40.2 Å². The van der Waals surface area contributed by atoms with Gasteiger partial charge in [0.15, 0.2) is 0 Å². The van der Waals surface area contributed by atoms with E-state index < -0.39 is 47.5 Å². The number of ketones is 1. The highest BCUT2D eigenvalue weighted by atomic mass is 16.2. The number of amides is 4. The second-order valence-electron chi connectivity index (χ2n) is 10.8. The van der Waals surface area contributed by atoms with Crippen LogP contribution in [0.15, 0.2) is 48.8 Å². The van der Waals surface area contributed by atoms with Gasteiger partial charge in [-0.3, -0.25) is 29.0 Å². The molecule has 40 heavy (non-hydrogen) atoms. The summed E-state index contributed by atoms with van der Waals surface area (Å²) < 4.78 is 0. The molecule has 1 aromatic heterocycles. The molecule has 1 fully saturated rings. The first-order valence-corrected chi connectivity index (χ1v) is 13.7. The maximum atomic E-state index is 13.1. The van der Waals surface area contributed by atoms with Crippen LogP contribution in [0.25, 0.3) is 10.8 Å². The molecule has 1 aliphatic rings. The Balaban J connectivity index is 1.63. The van der Waals surface area contributed by atoms with Crippen LogP contribution in [0.1, 0.15) is 70.2 Å². The number of hydrogen-bond donors (Lipinski definition) is 4.